The number of aliphatic carboxylic acids is 1. The summed E-state index contributed by atoms with van der Waals surface area (Å²) in [5.74, 6) is -1.26. The van der Waals surface area contributed by atoms with E-state index in [-0.39, 0.29) is 24.6 Å². The fraction of sp³-hybridized carbons (Fsp3) is 0.455. The van der Waals surface area contributed by atoms with Gasteiger partial charge in [0.2, 0.25) is 0 Å². The summed E-state index contributed by atoms with van der Waals surface area (Å²) in [7, 11) is 0. The van der Waals surface area contributed by atoms with Gasteiger partial charge in [-0.25, -0.2) is 4.98 Å². The van der Waals surface area contributed by atoms with Crippen LogP contribution in [0.15, 0.2) is 18.6 Å². The summed E-state index contributed by atoms with van der Waals surface area (Å²) in [6.07, 6.45) is 4.15. The lowest BCUT2D eigenvalue weighted by atomic mass is 10.1. The van der Waals surface area contributed by atoms with E-state index in [4.69, 9.17) is 9.84 Å². The first-order valence-electron chi connectivity index (χ1n) is 5.55. The predicted molar refractivity (Wildman–Crippen MR) is 59.9 cm³/mol. The molecular formula is C11H13N3O4. The Morgan fingerprint density at radius 1 is 1.50 bits per heavy atom. The number of hydrogen-bond donors (Lipinski definition) is 1. The van der Waals surface area contributed by atoms with Crippen LogP contribution >= 0.6 is 0 Å². The van der Waals surface area contributed by atoms with Crippen LogP contribution in [0.1, 0.15) is 16.9 Å². The molecule has 1 aromatic heterocycles. The minimum absolute atomic E-state index is 0.133. The number of carbonyl (C=O) groups excluding carboxylic acids is 1. The maximum atomic E-state index is 12.2. The van der Waals surface area contributed by atoms with E-state index in [1.807, 2.05) is 0 Å². The minimum Gasteiger partial charge on any atom is -0.481 e. The second-order valence-electron chi connectivity index (χ2n) is 3.92. The van der Waals surface area contributed by atoms with E-state index >= 15 is 0 Å². The lowest BCUT2D eigenvalue weighted by Gasteiger charge is -2.34. The van der Waals surface area contributed by atoms with Gasteiger partial charge in [-0.3, -0.25) is 14.6 Å². The Labute approximate surface area is 103 Å². The van der Waals surface area contributed by atoms with Crippen molar-refractivity contribution in [2.45, 2.75) is 12.5 Å². The van der Waals surface area contributed by atoms with Crippen LogP contribution in [-0.2, 0) is 9.53 Å². The van der Waals surface area contributed by atoms with Gasteiger partial charge in [-0.2, -0.15) is 0 Å². The summed E-state index contributed by atoms with van der Waals surface area (Å²) >= 11 is 0. The molecule has 0 bridgehead atoms. The van der Waals surface area contributed by atoms with Gasteiger partial charge in [0.1, 0.15) is 5.69 Å². The smallest absolute Gasteiger partial charge is 0.305 e. The van der Waals surface area contributed by atoms with E-state index in [0.717, 1.165) is 0 Å². The number of aromatic nitrogens is 2. The molecule has 7 heteroatoms. The highest BCUT2D eigenvalue weighted by molar-refractivity contribution is 5.92. The van der Waals surface area contributed by atoms with Crippen LogP contribution in [0.2, 0.25) is 0 Å². The number of nitrogens with zero attached hydrogens (tertiary/aromatic N) is 3. The number of carbonyl (C=O) groups is 2. The molecule has 2 heterocycles. The molecule has 0 aromatic carbocycles. The molecule has 1 fully saturated rings. The maximum Gasteiger partial charge on any atom is 0.305 e. The molecular weight excluding hydrogens is 238 g/mol. The molecule has 1 aliphatic rings. The quantitative estimate of drug-likeness (QED) is 0.799. The molecule has 1 amide bonds. The van der Waals surface area contributed by atoms with Crippen molar-refractivity contribution in [1.82, 2.24) is 14.9 Å². The van der Waals surface area contributed by atoms with Crippen LogP contribution in [-0.4, -0.2) is 57.7 Å². The van der Waals surface area contributed by atoms with E-state index in [1.54, 1.807) is 0 Å². The third kappa shape index (κ3) is 2.80. The van der Waals surface area contributed by atoms with Gasteiger partial charge in [-0.1, -0.05) is 0 Å². The first-order valence-corrected chi connectivity index (χ1v) is 5.55. The molecule has 18 heavy (non-hydrogen) atoms. The lowest BCUT2D eigenvalue weighted by Crippen LogP contribution is -2.49. The number of amides is 1. The van der Waals surface area contributed by atoms with Crippen molar-refractivity contribution in [3.05, 3.63) is 24.3 Å². The standard InChI is InChI=1S/C11H13N3O4/c15-10(16)5-8-7-18-4-3-14(8)11(17)9-6-12-1-2-13-9/h1-2,6,8H,3-5,7H2,(H,15,16). The SMILES string of the molecule is O=C(O)CC1COCCN1C(=O)c1cnccn1. The summed E-state index contributed by atoms with van der Waals surface area (Å²) in [5, 5.41) is 8.81. The molecule has 96 valence electrons. The van der Waals surface area contributed by atoms with E-state index in [1.165, 1.54) is 23.5 Å². The van der Waals surface area contributed by atoms with E-state index in [2.05, 4.69) is 9.97 Å². The van der Waals surface area contributed by atoms with Gasteiger partial charge in [0.25, 0.3) is 5.91 Å². The summed E-state index contributed by atoms with van der Waals surface area (Å²) in [4.78, 5) is 32.2. The van der Waals surface area contributed by atoms with Gasteiger partial charge in [-0.15, -0.1) is 0 Å². The van der Waals surface area contributed by atoms with Gasteiger partial charge < -0.3 is 14.7 Å². The second kappa shape index (κ2) is 5.54. The molecule has 7 nitrogen and oxygen atoms in total. The van der Waals surface area contributed by atoms with Crippen LogP contribution < -0.4 is 0 Å². The van der Waals surface area contributed by atoms with Gasteiger partial charge >= 0.3 is 5.97 Å². The van der Waals surface area contributed by atoms with Crippen LogP contribution in [0, 0.1) is 0 Å². The molecule has 2 rings (SSSR count). The highest BCUT2D eigenvalue weighted by atomic mass is 16.5. The monoisotopic (exact) mass is 251 g/mol. The Morgan fingerprint density at radius 3 is 3.00 bits per heavy atom. The second-order valence-corrected chi connectivity index (χ2v) is 3.92. The van der Waals surface area contributed by atoms with Crippen LogP contribution in [0.4, 0.5) is 0 Å². The summed E-state index contributed by atoms with van der Waals surface area (Å²) in [5.41, 5.74) is 0.217. The average molecular weight is 251 g/mol. The molecule has 1 N–H and O–H groups in total. The minimum atomic E-state index is -0.956. The molecule has 0 spiro atoms. The molecule has 0 saturated carbocycles. The van der Waals surface area contributed by atoms with Crippen LogP contribution in [0.3, 0.4) is 0 Å². The maximum absolute atomic E-state index is 12.2. The average Bonchev–Trinajstić information content (AvgIpc) is 2.39. The van der Waals surface area contributed by atoms with E-state index in [9.17, 15) is 9.59 Å². The first-order chi connectivity index (χ1) is 8.68. The number of morpholine rings is 1. The van der Waals surface area contributed by atoms with Crippen molar-refractivity contribution in [3.8, 4) is 0 Å². The Hall–Kier alpha value is -2.02. The number of rotatable bonds is 3. The molecule has 1 aromatic rings. The number of carboxylic acid groups (broad SMARTS) is 1. The van der Waals surface area contributed by atoms with Crippen molar-refractivity contribution in [1.29, 1.82) is 0 Å². The summed E-state index contributed by atoms with van der Waals surface area (Å²) in [6.45, 7) is 1.01. The third-order valence-corrected chi connectivity index (χ3v) is 2.68. The summed E-state index contributed by atoms with van der Waals surface area (Å²) < 4.78 is 5.21. The normalized spacial score (nSPS) is 19.6. The zero-order valence-corrected chi connectivity index (χ0v) is 9.65. The van der Waals surface area contributed by atoms with Gasteiger partial charge in [0, 0.05) is 18.9 Å². The highest BCUT2D eigenvalue weighted by Gasteiger charge is 2.30. The predicted octanol–water partition coefficient (Wildman–Crippen LogP) is -0.208. The van der Waals surface area contributed by atoms with Crippen molar-refractivity contribution in [2.24, 2.45) is 0 Å². The van der Waals surface area contributed by atoms with Gasteiger partial charge in [-0.05, 0) is 0 Å². The zero-order chi connectivity index (χ0) is 13.0. The largest absolute Gasteiger partial charge is 0.481 e. The Bertz CT molecular complexity index is 437. The highest BCUT2D eigenvalue weighted by Crippen LogP contribution is 2.13. The molecule has 1 aliphatic heterocycles. The Kier molecular flexibility index (Phi) is 3.83. The Balaban J connectivity index is 2.13. The fourth-order valence-corrected chi connectivity index (χ4v) is 1.85. The topological polar surface area (TPSA) is 92.6 Å². The first kappa shape index (κ1) is 12.4. The Morgan fingerprint density at radius 2 is 2.33 bits per heavy atom. The van der Waals surface area contributed by atoms with Crippen molar-refractivity contribution >= 4 is 11.9 Å². The van der Waals surface area contributed by atoms with Gasteiger partial charge in [0.05, 0.1) is 31.9 Å². The van der Waals surface area contributed by atoms with Crippen molar-refractivity contribution in [3.63, 3.8) is 0 Å². The molecule has 0 radical (unpaired) electrons. The number of hydrogen-bond acceptors (Lipinski definition) is 5. The van der Waals surface area contributed by atoms with Crippen molar-refractivity contribution in [2.75, 3.05) is 19.8 Å². The molecule has 1 atom stereocenters. The molecule has 1 saturated heterocycles. The van der Waals surface area contributed by atoms with Crippen molar-refractivity contribution < 1.29 is 19.4 Å². The summed E-state index contributed by atoms with van der Waals surface area (Å²) in [6, 6.07) is -0.453. The van der Waals surface area contributed by atoms with Crippen LogP contribution in [0.5, 0.6) is 0 Å². The lowest BCUT2D eigenvalue weighted by molar-refractivity contribution is -0.139. The molecule has 1 unspecified atom stereocenters. The van der Waals surface area contributed by atoms with Crippen LogP contribution in [0.25, 0.3) is 0 Å². The third-order valence-electron chi connectivity index (χ3n) is 2.68. The van der Waals surface area contributed by atoms with E-state index in [0.29, 0.717) is 13.2 Å². The number of carboxylic acids is 1. The fourth-order valence-electron chi connectivity index (χ4n) is 1.85. The number of ether oxygens (including phenoxy) is 1. The van der Waals surface area contributed by atoms with E-state index < -0.39 is 12.0 Å². The zero-order valence-electron chi connectivity index (χ0n) is 9.65. The molecule has 0 aliphatic carbocycles. The van der Waals surface area contributed by atoms with Gasteiger partial charge in [0.15, 0.2) is 0 Å².